The van der Waals surface area contributed by atoms with Crippen LogP contribution in [0.3, 0.4) is 0 Å². The van der Waals surface area contributed by atoms with Crippen LogP contribution in [-0.2, 0) is 4.74 Å². The van der Waals surface area contributed by atoms with Crippen LogP contribution in [0.4, 0.5) is 0 Å². The maximum absolute atomic E-state index is 5.79. The first-order valence-electron chi connectivity index (χ1n) is 8.41. The van der Waals surface area contributed by atoms with Crippen LogP contribution in [0.5, 0.6) is 0 Å². The van der Waals surface area contributed by atoms with E-state index in [1.807, 2.05) is 0 Å². The molecular weight excluding hydrogens is 234 g/mol. The van der Waals surface area contributed by atoms with Gasteiger partial charge in [0.25, 0.3) is 0 Å². The summed E-state index contributed by atoms with van der Waals surface area (Å²) >= 11 is 0. The Hall–Kier alpha value is -0.0800. The van der Waals surface area contributed by atoms with Crippen molar-refractivity contribution in [3.8, 4) is 0 Å². The second-order valence-electron chi connectivity index (χ2n) is 7.65. The Balaban J connectivity index is 1.78. The third-order valence-electron chi connectivity index (χ3n) is 4.84. The molecule has 0 radical (unpaired) electrons. The molecule has 19 heavy (non-hydrogen) atoms. The molecular formula is C17H33NO. The van der Waals surface area contributed by atoms with Crippen LogP contribution >= 0.6 is 0 Å². The molecule has 2 fully saturated rings. The Bertz CT molecular complexity index is 246. The van der Waals surface area contributed by atoms with Gasteiger partial charge in [0.2, 0.25) is 0 Å². The first-order chi connectivity index (χ1) is 9.04. The summed E-state index contributed by atoms with van der Waals surface area (Å²) in [5, 5.41) is 3.73. The van der Waals surface area contributed by atoms with Gasteiger partial charge in [-0.05, 0) is 64.8 Å². The lowest BCUT2D eigenvalue weighted by molar-refractivity contribution is 0.0937. The lowest BCUT2D eigenvalue weighted by atomic mass is 9.85. The molecule has 1 saturated carbocycles. The van der Waals surface area contributed by atoms with Crippen molar-refractivity contribution in [3.63, 3.8) is 0 Å². The van der Waals surface area contributed by atoms with Gasteiger partial charge >= 0.3 is 0 Å². The van der Waals surface area contributed by atoms with Crippen LogP contribution < -0.4 is 5.32 Å². The minimum atomic E-state index is 0.251. The topological polar surface area (TPSA) is 21.3 Å². The van der Waals surface area contributed by atoms with E-state index >= 15 is 0 Å². The quantitative estimate of drug-likeness (QED) is 0.781. The van der Waals surface area contributed by atoms with Crippen molar-refractivity contribution < 1.29 is 4.74 Å². The number of ether oxygens (including phenoxy) is 1. The van der Waals surface area contributed by atoms with E-state index in [0.717, 1.165) is 18.4 Å². The Morgan fingerprint density at radius 3 is 2.42 bits per heavy atom. The second kappa shape index (κ2) is 7.08. The van der Waals surface area contributed by atoms with E-state index in [-0.39, 0.29) is 5.54 Å². The van der Waals surface area contributed by atoms with E-state index in [4.69, 9.17) is 4.74 Å². The molecule has 0 bridgehead atoms. The first-order valence-corrected chi connectivity index (χ1v) is 8.41. The number of rotatable bonds is 6. The Kier molecular flexibility index (Phi) is 5.70. The molecule has 1 saturated heterocycles. The predicted octanol–water partition coefficient (Wildman–Crippen LogP) is 4.14. The van der Waals surface area contributed by atoms with Gasteiger partial charge in [-0.15, -0.1) is 0 Å². The zero-order chi connectivity index (χ0) is 13.7. The van der Waals surface area contributed by atoms with E-state index in [1.165, 1.54) is 57.9 Å². The predicted molar refractivity (Wildman–Crippen MR) is 81.4 cm³/mol. The number of hydrogen-bond donors (Lipinski definition) is 1. The van der Waals surface area contributed by atoms with Crippen molar-refractivity contribution in [2.24, 2.45) is 11.8 Å². The average Bonchev–Trinajstić information content (AvgIpc) is 2.99. The molecule has 2 rings (SSSR count). The van der Waals surface area contributed by atoms with Gasteiger partial charge in [0, 0.05) is 12.1 Å². The fourth-order valence-electron chi connectivity index (χ4n) is 3.64. The summed E-state index contributed by atoms with van der Waals surface area (Å²) in [7, 11) is 0. The zero-order valence-corrected chi connectivity index (χ0v) is 13.2. The van der Waals surface area contributed by atoms with Crippen molar-refractivity contribution in [2.45, 2.75) is 83.8 Å². The van der Waals surface area contributed by atoms with E-state index in [2.05, 4.69) is 26.1 Å². The summed E-state index contributed by atoms with van der Waals surface area (Å²) < 4.78 is 5.79. The summed E-state index contributed by atoms with van der Waals surface area (Å²) in [6.45, 7) is 9.02. The van der Waals surface area contributed by atoms with Gasteiger partial charge in [0.15, 0.2) is 0 Å². The summed E-state index contributed by atoms with van der Waals surface area (Å²) in [4.78, 5) is 0. The molecule has 2 heteroatoms. The SMILES string of the molecule is CC(C)(C)NCC(CCC1CCCO1)C1CCCC1. The molecule has 2 unspecified atom stereocenters. The van der Waals surface area contributed by atoms with Gasteiger partial charge in [-0.1, -0.05) is 25.7 Å². The molecule has 1 N–H and O–H groups in total. The maximum Gasteiger partial charge on any atom is 0.0576 e. The molecule has 0 spiro atoms. The van der Waals surface area contributed by atoms with Crippen molar-refractivity contribution in [2.75, 3.05) is 13.2 Å². The van der Waals surface area contributed by atoms with Gasteiger partial charge in [0.05, 0.1) is 6.10 Å². The zero-order valence-electron chi connectivity index (χ0n) is 13.2. The van der Waals surface area contributed by atoms with Gasteiger partial charge in [-0.3, -0.25) is 0 Å². The van der Waals surface area contributed by atoms with Crippen LogP contribution in [-0.4, -0.2) is 24.8 Å². The normalized spacial score (nSPS) is 27.0. The molecule has 112 valence electrons. The average molecular weight is 267 g/mol. The summed E-state index contributed by atoms with van der Waals surface area (Å²) in [5.74, 6) is 1.84. The first kappa shape index (κ1) is 15.3. The Morgan fingerprint density at radius 1 is 1.11 bits per heavy atom. The Morgan fingerprint density at radius 2 is 1.84 bits per heavy atom. The minimum Gasteiger partial charge on any atom is -0.378 e. The Labute approximate surface area is 119 Å². The number of nitrogens with one attached hydrogen (secondary N) is 1. The summed E-state index contributed by atoms with van der Waals surface area (Å²) in [6, 6.07) is 0. The smallest absolute Gasteiger partial charge is 0.0576 e. The molecule has 1 aliphatic carbocycles. The van der Waals surface area contributed by atoms with Crippen LogP contribution in [0.25, 0.3) is 0 Å². The second-order valence-corrected chi connectivity index (χ2v) is 7.65. The molecule has 2 aliphatic rings. The van der Waals surface area contributed by atoms with E-state index < -0.39 is 0 Å². The van der Waals surface area contributed by atoms with E-state index in [9.17, 15) is 0 Å². The lowest BCUT2D eigenvalue weighted by Crippen LogP contribution is -2.40. The lowest BCUT2D eigenvalue weighted by Gasteiger charge is -2.29. The fraction of sp³-hybridized carbons (Fsp3) is 1.00. The summed E-state index contributed by atoms with van der Waals surface area (Å²) in [6.07, 6.45) is 11.6. The minimum absolute atomic E-state index is 0.251. The highest BCUT2D eigenvalue weighted by atomic mass is 16.5. The van der Waals surface area contributed by atoms with Gasteiger partial charge < -0.3 is 10.1 Å². The third-order valence-corrected chi connectivity index (χ3v) is 4.84. The standard InChI is InChI=1S/C17H33NO/c1-17(2,3)18-13-15(14-7-4-5-8-14)10-11-16-9-6-12-19-16/h14-16,18H,4-13H2,1-3H3. The van der Waals surface area contributed by atoms with E-state index in [0.29, 0.717) is 6.10 Å². The van der Waals surface area contributed by atoms with Gasteiger partial charge in [-0.2, -0.15) is 0 Å². The highest BCUT2D eigenvalue weighted by Crippen LogP contribution is 2.34. The largest absolute Gasteiger partial charge is 0.378 e. The highest BCUT2D eigenvalue weighted by Gasteiger charge is 2.27. The molecule has 1 heterocycles. The summed E-state index contributed by atoms with van der Waals surface area (Å²) in [5.41, 5.74) is 0.251. The molecule has 1 aliphatic heterocycles. The molecule has 2 nitrogen and oxygen atoms in total. The van der Waals surface area contributed by atoms with Crippen molar-refractivity contribution in [3.05, 3.63) is 0 Å². The van der Waals surface area contributed by atoms with Crippen LogP contribution in [0.1, 0.15) is 72.1 Å². The molecule has 2 atom stereocenters. The van der Waals surface area contributed by atoms with Crippen molar-refractivity contribution >= 4 is 0 Å². The van der Waals surface area contributed by atoms with Crippen LogP contribution in [0.2, 0.25) is 0 Å². The van der Waals surface area contributed by atoms with Crippen molar-refractivity contribution in [1.82, 2.24) is 5.32 Å². The number of hydrogen-bond acceptors (Lipinski definition) is 2. The van der Waals surface area contributed by atoms with Crippen LogP contribution in [0.15, 0.2) is 0 Å². The van der Waals surface area contributed by atoms with E-state index in [1.54, 1.807) is 0 Å². The highest BCUT2D eigenvalue weighted by molar-refractivity contribution is 4.81. The molecule has 0 aromatic carbocycles. The van der Waals surface area contributed by atoms with Crippen molar-refractivity contribution in [1.29, 1.82) is 0 Å². The monoisotopic (exact) mass is 267 g/mol. The van der Waals surface area contributed by atoms with Gasteiger partial charge in [-0.25, -0.2) is 0 Å². The maximum atomic E-state index is 5.79. The third kappa shape index (κ3) is 5.43. The fourth-order valence-corrected chi connectivity index (χ4v) is 3.64. The molecule has 0 amide bonds. The molecule has 0 aromatic heterocycles. The van der Waals surface area contributed by atoms with Gasteiger partial charge in [0.1, 0.15) is 0 Å². The van der Waals surface area contributed by atoms with Crippen LogP contribution in [0, 0.1) is 11.8 Å². The molecule has 0 aromatic rings.